The monoisotopic (exact) mass is 348 g/mol. The lowest BCUT2D eigenvalue weighted by Crippen LogP contribution is -2.44. The Bertz CT molecular complexity index is 847. The number of likely N-dealkylation sites (N-methyl/N-ethyl adjacent to an activating group) is 1. The third-order valence-corrected chi connectivity index (χ3v) is 5.34. The van der Waals surface area contributed by atoms with Crippen LogP contribution >= 0.6 is 0 Å². The first-order chi connectivity index (χ1) is 12.6. The molecular weight excluding hydrogens is 324 g/mol. The molecule has 134 valence electrons. The Labute approximate surface area is 154 Å². The van der Waals surface area contributed by atoms with Crippen molar-refractivity contribution >= 4 is 17.5 Å². The number of methoxy groups -OCH3 is 1. The maximum absolute atomic E-state index is 12.7. The van der Waals surface area contributed by atoms with Crippen LogP contribution in [0.3, 0.4) is 0 Å². The van der Waals surface area contributed by atoms with E-state index >= 15 is 0 Å². The number of ether oxygens (including phenoxy) is 1. The summed E-state index contributed by atoms with van der Waals surface area (Å²) in [6.07, 6.45) is 2.71. The van der Waals surface area contributed by atoms with Gasteiger partial charge in [-0.1, -0.05) is 18.2 Å². The summed E-state index contributed by atoms with van der Waals surface area (Å²) in [5.41, 5.74) is 5.03. The quantitative estimate of drug-likeness (QED) is 0.797. The van der Waals surface area contributed by atoms with E-state index in [1.807, 2.05) is 24.3 Å². The zero-order valence-electron chi connectivity index (χ0n) is 15.4. The maximum atomic E-state index is 12.7. The molecule has 0 amide bonds. The van der Waals surface area contributed by atoms with Crippen molar-refractivity contribution in [2.75, 3.05) is 45.2 Å². The third kappa shape index (κ3) is 3.25. The fraction of sp³-hybridized carbons (Fsp3) is 0.318. The van der Waals surface area contributed by atoms with Crippen LogP contribution < -0.4 is 9.64 Å². The number of anilines is 1. The number of carbonyl (C=O) groups is 1. The number of carbonyl (C=O) groups excluding carboxylic acids is 1. The van der Waals surface area contributed by atoms with Crippen molar-refractivity contribution in [3.63, 3.8) is 0 Å². The molecule has 2 aliphatic rings. The minimum absolute atomic E-state index is 0.113. The van der Waals surface area contributed by atoms with Gasteiger partial charge in [-0.25, -0.2) is 0 Å². The van der Waals surface area contributed by atoms with Crippen molar-refractivity contribution < 1.29 is 9.53 Å². The van der Waals surface area contributed by atoms with Gasteiger partial charge in [-0.15, -0.1) is 0 Å². The van der Waals surface area contributed by atoms with E-state index in [0.29, 0.717) is 6.42 Å². The molecule has 1 heterocycles. The van der Waals surface area contributed by atoms with E-state index in [-0.39, 0.29) is 5.78 Å². The second-order valence-electron chi connectivity index (χ2n) is 7.08. The highest BCUT2D eigenvalue weighted by molar-refractivity contribution is 6.15. The summed E-state index contributed by atoms with van der Waals surface area (Å²) in [4.78, 5) is 17.4. The van der Waals surface area contributed by atoms with Crippen LogP contribution in [0.5, 0.6) is 5.75 Å². The van der Waals surface area contributed by atoms with Gasteiger partial charge in [0.2, 0.25) is 0 Å². The van der Waals surface area contributed by atoms with Gasteiger partial charge in [-0.05, 0) is 48.5 Å². The number of benzene rings is 2. The molecule has 0 unspecified atom stereocenters. The summed E-state index contributed by atoms with van der Waals surface area (Å²) >= 11 is 0. The molecule has 0 aromatic heterocycles. The van der Waals surface area contributed by atoms with Gasteiger partial charge in [-0.2, -0.15) is 0 Å². The molecule has 4 nitrogen and oxygen atoms in total. The molecule has 0 radical (unpaired) electrons. The average Bonchev–Trinajstić information content (AvgIpc) is 2.98. The fourth-order valence-corrected chi connectivity index (χ4v) is 3.67. The molecule has 0 spiro atoms. The second-order valence-corrected chi connectivity index (χ2v) is 7.08. The van der Waals surface area contributed by atoms with E-state index in [1.165, 1.54) is 5.69 Å². The molecule has 1 aliphatic carbocycles. The van der Waals surface area contributed by atoms with Gasteiger partial charge >= 0.3 is 0 Å². The molecule has 0 N–H and O–H groups in total. The number of allylic oxidation sites excluding steroid dienone is 1. The van der Waals surface area contributed by atoms with Gasteiger partial charge < -0.3 is 14.5 Å². The molecule has 1 fully saturated rings. The molecule has 0 saturated carbocycles. The summed E-state index contributed by atoms with van der Waals surface area (Å²) in [6.45, 7) is 4.32. The number of nitrogens with zero attached hydrogens (tertiary/aromatic N) is 2. The molecule has 1 aliphatic heterocycles. The lowest BCUT2D eigenvalue weighted by atomic mass is 10.1. The summed E-state index contributed by atoms with van der Waals surface area (Å²) in [5, 5.41) is 0. The van der Waals surface area contributed by atoms with Crippen molar-refractivity contribution in [1.82, 2.24) is 4.90 Å². The van der Waals surface area contributed by atoms with E-state index in [2.05, 4.69) is 41.1 Å². The molecule has 0 bridgehead atoms. The Morgan fingerprint density at radius 1 is 1.00 bits per heavy atom. The minimum Gasteiger partial charge on any atom is -0.497 e. The predicted molar refractivity (Wildman–Crippen MR) is 105 cm³/mol. The lowest BCUT2D eigenvalue weighted by molar-refractivity contribution is 0.104. The number of Topliss-reactive ketones (excluding diaryl/α,β-unsaturated/α-hetero) is 1. The van der Waals surface area contributed by atoms with Crippen molar-refractivity contribution in [3.8, 4) is 5.75 Å². The summed E-state index contributed by atoms with van der Waals surface area (Å²) in [6, 6.07) is 14.3. The summed E-state index contributed by atoms with van der Waals surface area (Å²) in [5.74, 6) is 0.844. The van der Waals surface area contributed by atoms with Crippen molar-refractivity contribution in [2.45, 2.75) is 6.42 Å². The van der Waals surface area contributed by atoms with Gasteiger partial charge in [-0.3, -0.25) is 4.79 Å². The van der Waals surface area contributed by atoms with Gasteiger partial charge in [0.15, 0.2) is 5.78 Å². The first kappa shape index (κ1) is 16.9. The Kier molecular flexibility index (Phi) is 4.51. The first-order valence-electron chi connectivity index (χ1n) is 9.10. The number of hydrogen-bond acceptors (Lipinski definition) is 4. The van der Waals surface area contributed by atoms with Crippen LogP contribution in [0.4, 0.5) is 5.69 Å². The van der Waals surface area contributed by atoms with Crippen LogP contribution in [-0.2, 0) is 6.42 Å². The number of fused-ring (bicyclic) bond motifs is 1. The van der Waals surface area contributed by atoms with Crippen molar-refractivity contribution in [3.05, 3.63) is 64.7 Å². The van der Waals surface area contributed by atoms with Gasteiger partial charge in [0.05, 0.1) is 7.11 Å². The third-order valence-electron chi connectivity index (χ3n) is 5.34. The fourth-order valence-electron chi connectivity index (χ4n) is 3.67. The predicted octanol–water partition coefficient (Wildman–Crippen LogP) is 3.27. The topological polar surface area (TPSA) is 32.8 Å². The maximum Gasteiger partial charge on any atom is 0.189 e. The zero-order chi connectivity index (χ0) is 18.1. The molecule has 26 heavy (non-hydrogen) atoms. The molecule has 2 aromatic carbocycles. The van der Waals surface area contributed by atoms with Gasteiger partial charge in [0, 0.05) is 49.4 Å². The van der Waals surface area contributed by atoms with Crippen LogP contribution in [0, 0.1) is 0 Å². The van der Waals surface area contributed by atoms with E-state index in [9.17, 15) is 4.79 Å². The van der Waals surface area contributed by atoms with Crippen LogP contribution in [0.15, 0.2) is 48.0 Å². The molecule has 4 rings (SSSR count). The molecular formula is C22H24N2O2. The van der Waals surface area contributed by atoms with Crippen LogP contribution in [0.25, 0.3) is 6.08 Å². The highest BCUT2D eigenvalue weighted by atomic mass is 16.5. The number of hydrogen-bond donors (Lipinski definition) is 0. The largest absolute Gasteiger partial charge is 0.497 e. The molecule has 4 heteroatoms. The van der Waals surface area contributed by atoms with E-state index in [0.717, 1.165) is 54.2 Å². The first-order valence-corrected chi connectivity index (χ1v) is 9.10. The van der Waals surface area contributed by atoms with E-state index in [1.54, 1.807) is 7.11 Å². The smallest absolute Gasteiger partial charge is 0.189 e. The Morgan fingerprint density at radius 3 is 2.42 bits per heavy atom. The Hall–Kier alpha value is -2.59. The highest BCUT2D eigenvalue weighted by Gasteiger charge is 2.25. The van der Waals surface area contributed by atoms with Gasteiger partial charge in [0.1, 0.15) is 5.75 Å². The SMILES string of the molecule is COc1ccc2c(c1)C(=O)/C(=C\c1ccc(N3CCN(C)CC3)cc1)C2. The average molecular weight is 348 g/mol. The van der Waals surface area contributed by atoms with Gasteiger partial charge in [0.25, 0.3) is 0 Å². The standard InChI is InChI=1S/C22H24N2O2/c1-23-9-11-24(12-10-23)19-6-3-16(4-7-19)13-18-14-17-5-8-20(26-2)15-21(17)22(18)25/h3-8,13,15H,9-12,14H2,1-2H3/b18-13-. The number of piperazine rings is 1. The molecule has 2 aromatic rings. The number of rotatable bonds is 3. The second kappa shape index (κ2) is 6.96. The van der Waals surface area contributed by atoms with Crippen LogP contribution in [0.1, 0.15) is 21.5 Å². The van der Waals surface area contributed by atoms with Crippen molar-refractivity contribution in [2.24, 2.45) is 0 Å². The van der Waals surface area contributed by atoms with Crippen LogP contribution in [-0.4, -0.2) is 51.0 Å². The minimum atomic E-state index is 0.113. The Balaban J connectivity index is 1.51. The Morgan fingerprint density at radius 2 is 1.73 bits per heavy atom. The number of ketones is 1. The van der Waals surface area contributed by atoms with Crippen molar-refractivity contribution in [1.29, 1.82) is 0 Å². The molecule has 1 saturated heterocycles. The summed E-state index contributed by atoms with van der Waals surface area (Å²) in [7, 11) is 3.79. The lowest BCUT2D eigenvalue weighted by Gasteiger charge is -2.34. The van der Waals surface area contributed by atoms with Crippen LogP contribution in [0.2, 0.25) is 0 Å². The van der Waals surface area contributed by atoms with E-state index < -0.39 is 0 Å². The van der Waals surface area contributed by atoms with E-state index in [4.69, 9.17) is 4.74 Å². The normalized spacial score (nSPS) is 19.1. The summed E-state index contributed by atoms with van der Waals surface area (Å²) < 4.78 is 5.24. The zero-order valence-corrected chi connectivity index (χ0v) is 15.4. The molecule has 0 atom stereocenters. The highest BCUT2D eigenvalue weighted by Crippen LogP contribution is 2.31.